The van der Waals surface area contributed by atoms with Gasteiger partial charge in [0.2, 0.25) is 5.88 Å². The number of hydrogen-bond acceptors (Lipinski definition) is 7. The maximum atomic E-state index is 12.1. The zero-order valence-corrected chi connectivity index (χ0v) is 20.1. The van der Waals surface area contributed by atoms with Crippen LogP contribution in [0.15, 0.2) is 71.1 Å². The molecule has 3 N–H and O–H groups in total. The van der Waals surface area contributed by atoms with Crippen molar-refractivity contribution in [2.75, 3.05) is 18.5 Å². The van der Waals surface area contributed by atoms with Gasteiger partial charge in [-0.2, -0.15) is 0 Å². The lowest BCUT2D eigenvalue weighted by Crippen LogP contribution is -2.32. The van der Waals surface area contributed by atoms with Crippen LogP contribution in [0.2, 0.25) is 0 Å². The van der Waals surface area contributed by atoms with Gasteiger partial charge in [0.25, 0.3) is 5.91 Å². The molecule has 0 fully saturated rings. The Bertz CT molecular complexity index is 1280. The topological polar surface area (TPSA) is 127 Å². The van der Waals surface area contributed by atoms with E-state index in [-0.39, 0.29) is 30.8 Å². The lowest BCUT2D eigenvalue weighted by Gasteiger charge is -2.23. The van der Waals surface area contributed by atoms with Gasteiger partial charge in [0.05, 0.1) is 12.5 Å². The van der Waals surface area contributed by atoms with Crippen LogP contribution in [-0.4, -0.2) is 46.4 Å². The van der Waals surface area contributed by atoms with Crippen LogP contribution in [0.25, 0.3) is 22.4 Å². The fourth-order valence-corrected chi connectivity index (χ4v) is 3.53. The highest BCUT2D eigenvalue weighted by atomic mass is 16.5. The monoisotopic (exact) mass is 488 g/mol. The number of nitrogens with zero attached hydrogens (tertiary/aromatic N) is 2. The second-order valence-electron chi connectivity index (χ2n) is 8.69. The molecule has 0 aliphatic rings. The van der Waals surface area contributed by atoms with Gasteiger partial charge in [0.15, 0.2) is 5.76 Å². The van der Waals surface area contributed by atoms with E-state index in [2.05, 4.69) is 34.7 Å². The summed E-state index contributed by atoms with van der Waals surface area (Å²) in [5, 5.41) is 24.1. The van der Waals surface area contributed by atoms with Crippen LogP contribution >= 0.6 is 0 Å². The lowest BCUT2D eigenvalue weighted by molar-refractivity contribution is -0.136. The first-order valence-electron chi connectivity index (χ1n) is 11.7. The zero-order valence-electron chi connectivity index (χ0n) is 20.1. The van der Waals surface area contributed by atoms with E-state index in [4.69, 9.17) is 14.3 Å². The van der Waals surface area contributed by atoms with Gasteiger partial charge in [-0.05, 0) is 48.4 Å². The van der Waals surface area contributed by atoms with Crippen molar-refractivity contribution in [2.24, 2.45) is 5.92 Å². The Balaban J connectivity index is 1.32. The fraction of sp³-hybridized carbons (Fsp3) is 0.259. The standard InChI is InChI=1S/C27H28N4O5/c1-17(2)22(29-20-9-7-18(8-10-20)27(34)28-14-13-26(32)33)16-35-25-12-11-21(30-31-25)24-15-19-5-3-4-6-23(19)36-24/h3-12,15,17,22,29H,13-14,16H2,1-2H3,(H,28,34)(H,32,33)/t22-/m1/s1. The summed E-state index contributed by atoms with van der Waals surface area (Å²) >= 11 is 0. The second kappa shape index (κ2) is 11.4. The molecule has 2 aromatic heterocycles. The van der Waals surface area contributed by atoms with Crippen molar-refractivity contribution in [1.82, 2.24) is 15.5 Å². The Labute approximate surface area is 208 Å². The first-order valence-corrected chi connectivity index (χ1v) is 11.7. The Kier molecular flexibility index (Phi) is 7.79. The van der Waals surface area contributed by atoms with E-state index in [0.29, 0.717) is 29.5 Å². The molecule has 4 rings (SSSR count). The third-order valence-corrected chi connectivity index (χ3v) is 5.66. The van der Waals surface area contributed by atoms with Crippen LogP contribution < -0.4 is 15.4 Å². The number of para-hydroxylation sites is 1. The van der Waals surface area contributed by atoms with Crippen molar-refractivity contribution >= 4 is 28.5 Å². The highest BCUT2D eigenvalue weighted by Gasteiger charge is 2.16. The van der Waals surface area contributed by atoms with E-state index in [1.54, 1.807) is 18.2 Å². The van der Waals surface area contributed by atoms with Crippen LogP contribution in [-0.2, 0) is 4.79 Å². The summed E-state index contributed by atoms with van der Waals surface area (Å²) in [5.41, 5.74) is 2.73. The molecule has 9 nitrogen and oxygen atoms in total. The Hall–Kier alpha value is -4.40. The molecule has 0 saturated heterocycles. The number of aliphatic carboxylic acids is 1. The highest BCUT2D eigenvalue weighted by molar-refractivity contribution is 5.94. The maximum absolute atomic E-state index is 12.1. The number of aromatic nitrogens is 2. The quantitative estimate of drug-likeness (QED) is 0.279. The van der Waals surface area contributed by atoms with Crippen LogP contribution in [0, 0.1) is 5.92 Å². The Morgan fingerprint density at radius 1 is 1.03 bits per heavy atom. The molecular formula is C27H28N4O5. The molecule has 4 aromatic rings. The number of benzene rings is 2. The minimum Gasteiger partial charge on any atom is -0.481 e. The minimum atomic E-state index is -0.954. The Morgan fingerprint density at radius 3 is 2.47 bits per heavy atom. The number of fused-ring (bicyclic) bond motifs is 1. The zero-order chi connectivity index (χ0) is 25.5. The number of carbonyl (C=O) groups excluding carboxylic acids is 1. The predicted octanol–water partition coefficient (Wildman–Crippen LogP) is 4.61. The second-order valence-corrected chi connectivity index (χ2v) is 8.69. The number of anilines is 1. The molecule has 2 heterocycles. The lowest BCUT2D eigenvalue weighted by atomic mass is 10.0. The molecule has 0 unspecified atom stereocenters. The number of ether oxygens (including phenoxy) is 1. The SMILES string of the molecule is CC(C)[C@@H](COc1ccc(-c2cc3ccccc3o2)nn1)Nc1ccc(C(=O)NCCC(=O)O)cc1. The number of nitrogens with one attached hydrogen (secondary N) is 2. The number of rotatable bonds is 11. The fourth-order valence-electron chi connectivity index (χ4n) is 3.53. The molecule has 0 spiro atoms. The Morgan fingerprint density at radius 2 is 1.81 bits per heavy atom. The summed E-state index contributed by atoms with van der Waals surface area (Å²) in [4.78, 5) is 22.7. The molecule has 2 aromatic carbocycles. The number of hydrogen-bond donors (Lipinski definition) is 3. The highest BCUT2D eigenvalue weighted by Crippen LogP contribution is 2.26. The average Bonchev–Trinajstić information content (AvgIpc) is 3.31. The molecule has 9 heteroatoms. The van der Waals surface area contributed by atoms with Crippen LogP contribution in [0.1, 0.15) is 30.6 Å². The van der Waals surface area contributed by atoms with Gasteiger partial charge >= 0.3 is 5.97 Å². The molecule has 0 aliphatic heterocycles. The minimum absolute atomic E-state index is 0.0166. The van der Waals surface area contributed by atoms with Gasteiger partial charge in [-0.3, -0.25) is 9.59 Å². The number of carboxylic acids is 1. The van der Waals surface area contributed by atoms with E-state index in [9.17, 15) is 9.59 Å². The van der Waals surface area contributed by atoms with E-state index < -0.39 is 5.97 Å². The van der Waals surface area contributed by atoms with Gasteiger partial charge in [-0.15, -0.1) is 10.2 Å². The van der Waals surface area contributed by atoms with Gasteiger partial charge in [0.1, 0.15) is 17.9 Å². The third kappa shape index (κ3) is 6.38. The van der Waals surface area contributed by atoms with Gasteiger partial charge in [-0.1, -0.05) is 32.0 Å². The summed E-state index contributed by atoms with van der Waals surface area (Å²) in [5.74, 6) is 0.0552. The van der Waals surface area contributed by atoms with E-state index in [1.165, 1.54) is 0 Å². The molecular weight excluding hydrogens is 460 g/mol. The van der Waals surface area contributed by atoms with Crippen LogP contribution in [0.3, 0.4) is 0 Å². The number of furan rings is 1. The molecule has 1 amide bonds. The summed E-state index contributed by atoms with van der Waals surface area (Å²) < 4.78 is 11.7. The number of carbonyl (C=O) groups is 2. The maximum Gasteiger partial charge on any atom is 0.305 e. The first-order chi connectivity index (χ1) is 17.4. The normalized spacial score (nSPS) is 11.9. The van der Waals surface area contributed by atoms with Gasteiger partial charge < -0.3 is 24.9 Å². The first kappa shape index (κ1) is 24.7. The van der Waals surface area contributed by atoms with Gasteiger partial charge in [0, 0.05) is 29.2 Å². The summed E-state index contributed by atoms with van der Waals surface area (Å²) in [6, 6.07) is 20.3. The molecule has 186 valence electrons. The van der Waals surface area contributed by atoms with Gasteiger partial charge in [-0.25, -0.2) is 0 Å². The molecule has 1 atom stereocenters. The molecule has 0 saturated carbocycles. The van der Waals surface area contributed by atoms with Crippen LogP contribution in [0.5, 0.6) is 5.88 Å². The summed E-state index contributed by atoms with van der Waals surface area (Å²) in [6.45, 7) is 4.63. The predicted molar refractivity (Wildman–Crippen MR) is 136 cm³/mol. The van der Waals surface area contributed by atoms with Crippen molar-refractivity contribution in [3.8, 4) is 17.3 Å². The molecule has 36 heavy (non-hydrogen) atoms. The average molecular weight is 489 g/mol. The van der Waals surface area contributed by atoms with Crippen molar-refractivity contribution in [1.29, 1.82) is 0 Å². The van der Waals surface area contributed by atoms with E-state index in [1.807, 2.05) is 48.5 Å². The number of carboxylic acid groups (broad SMARTS) is 1. The van der Waals surface area contributed by atoms with Crippen molar-refractivity contribution in [3.05, 3.63) is 72.3 Å². The number of amides is 1. The summed E-state index contributed by atoms with van der Waals surface area (Å²) in [7, 11) is 0. The molecule has 0 radical (unpaired) electrons. The smallest absolute Gasteiger partial charge is 0.305 e. The molecule has 0 bridgehead atoms. The van der Waals surface area contributed by atoms with Crippen molar-refractivity contribution in [3.63, 3.8) is 0 Å². The summed E-state index contributed by atoms with van der Waals surface area (Å²) in [6.07, 6.45) is -0.117. The largest absolute Gasteiger partial charge is 0.481 e. The van der Waals surface area contributed by atoms with E-state index >= 15 is 0 Å². The van der Waals surface area contributed by atoms with Crippen molar-refractivity contribution < 1.29 is 23.8 Å². The van der Waals surface area contributed by atoms with Crippen LogP contribution in [0.4, 0.5) is 5.69 Å². The third-order valence-electron chi connectivity index (χ3n) is 5.66. The molecule has 0 aliphatic carbocycles. The van der Waals surface area contributed by atoms with Crippen molar-refractivity contribution in [2.45, 2.75) is 26.3 Å². The van der Waals surface area contributed by atoms with E-state index in [0.717, 1.165) is 16.7 Å².